The third-order valence-corrected chi connectivity index (χ3v) is 3.37. The summed E-state index contributed by atoms with van der Waals surface area (Å²) in [5.74, 6) is 0.738. The number of carbonyl (C=O) groups is 1. The monoisotopic (exact) mass is 310 g/mol. The van der Waals surface area contributed by atoms with Gasteiger partial charge in [-0.1, -0.05) is 36.4 Å². The van der Waals surface area contributed by atoms with Gasteiger partial charge < -0.3 is 9.47 Å². The standard InChI is InChI=1S/C16H14N4O3/c1-22-15(21)11-16(17-19-20-18-16)13-9-5-6-10-14(13)23-12-7-3-2-4-8-12/h2-10H,11H2,1H3. The van der Waals surface area contributed by atoms with E-state index in [9.17, 15) is 4.79 Å². The van der Waals surface area contributed by atoms with Crippen molar-refractivity contribution < 1.29 is 14.3 Å². The summed E-state index contributed by atoms with van der Waals surface area (Å²) in [6.45, 7) is 0. The van der Waals surface area contributed by atoms with Crippen molar-refractivity contribution in [2.75, 3.05) is 7.11 Å². The quantitative estimate of drug-likeness (QED) is 0.781. The van der Waals surface area contributed by atoms with Gasteiger partial charge in [0.15, 0.2) is 0 Å². The van der Waals surface area contributed by atoms with Crippen LogP contribution in [-0.4, -0.2) is 13.1 Å². The van der Waals surface area contributed by atoms with E-state index in [1.807, 2.05) is 42.5 Å². The summed E-state index contributed by atoms with van der Waals surface area (Å²) in [4.78, 5) is 11.7. The summed E-state index contributed by atoms with van der Waals surface area (Å²) in [6, 6.07) is 16.5. The lowest BCUT2D eigenvalue weighted by Crippen LogP contribution is -2.24. The summed E-state index contributed by atoms with van der Waals surface area (Å²) < 4.78 is 10.6. The van der Waals surface area contributed by atoms with Gasteiger partial charge in [0.25, 0.3) is 0 Å². The molecule has 0 aliphatic carbocycles. The van der Waals surface area contributed by atoms with E-state index in [1.165, 1.54) is 7.11 Å². The van der Waals surface area contributed by atoms with Crippen LogP contribution in [0, 0.1) is 0 Å². The second-order valence-corrected chi connectivity index (χ2v) is 4.86. The number of rotatable bonds is 5. The van der Waals surface area contributed by atoms with Crippen LogP contribution >= 0.6 is 0 Å². The van der Waals surface area contributed by atoms with E-state index < -0.39 is 11.6 Å². The number of hydrogen-bond acceptors (Lipinski definition) is 7. The fraction of sp³-hybridized carbons (Fsp3) is 0.188. The molecule has 23 heavy (non-hydrogen) atoms. The summed E-state index contributed by atoms with van der Waals surface area (Å²) in [7, 11) is 1.31. The highest BCUT2D eigenvalue weighted by Gasteiger charge is 2.41. The lowest BCUT2D eigenvalue weighted by Gasteiger charge is -2.21. The van der Waals surface area contributed by atoms with Crippen LogP contribution in [0.3, 0.4) is 0 Å². The van der Waals surface area contributed by atoms with Gasteiger partial charge >= 0.3 is 5.97 Å². The number of esters is 1. The first kappa shape index (κ1) is 14.8. The van der Waals surface area contributed by atoms with Crippen molar-refractivity contribution in [1.29, 1.82) is 0 Å². The van der Waals surface area contributed by atoms with Gasteiger partial charge in [0.2, 0.25) is 5.66 Å². The number of nitrogens with zero attached hydrogens (tertiary/aromatic N) is 4. The van der Waals surface area contributed by atoms with E-state index in [0.29, 0.717) is 17.1 Å². The SMILES string of the molecule is COC(=O)CC1(c2ccccc2Oc2ccccc2)N=NN=N1. The van der Waals surface area contributed by atoms with Crippen LogP contribution in [0.5, 0.6) is 11.5 Å². The minimum absolute atomic E-state index is 0.105. The molecule has 0 N–H and O–H groups in total. The van der Waals surface area contributed by atoms with Gasteiger partial charge in [-0.05, 0) is 28.6 Å². The fourth-order valence-electron chi connectivity index (χ4n) is 2.26. The molecule has 0 amide bonds. The van der Waals surface area contributed by atoms with Gasteiger partial charge in [-0.25, -0.2) is 0 Å². The van der Waals surface area contributed by atoms with Gasteiger partial charge in [-0.2, -0.15) is 0 Å². The number of para-hydroxylation sites is 2. The van der Waals surface area contributed by atoms with Gasteiger partial charge in [0, 0.05) is 5.56 Å². The van der Waals surface area contributed by atoms with Crippen molar-refractivity contribution in [3.63, 3.8) is 0 Å². The second-order valence-electron chi connectivity index (χ2n) is 4.86. The summed E-state index contributed by atoms with van der Waals surface area (Å²) in [5, 5.41) is 15.2. The van der Waals surface area contributed by atoms with Crippen LogP contribution in [0.4, 0.5) is 0 Å². The molecule has 2 aromatic rings. The van der Waals surface area contributed by atoms with E-state index in [-0.39, 0.29) is 6.42 Å². The maximum absolute atomic E-state index is 11.7. The molecule has 7 heteroatoms. The van der Waals surface area contributed by atoms with Crippen LogP contribution < -0.4 is 4.74 Å². The highest BCUT2D eigenvalue weighted by atomic mass is 16.5. The third kappa shape index (κ3) is 3.08. The molecule has 0 saturated carbocycles. The minimum atomic E-state index is -1.25. The average Bonchev–Trinajstić information content (AvgIpc) is 3.05. The fourth-order valence-corrected chi connectivity index (χ4v) is 2.26. The Morgan fingerprint density at radius 1 is 1.00 bits per heavy atom. The topological polar surface area (TPSA) is 85.0 Å². The molecule has 0 radical (unpaired) electrons. The molecule has 1 aliphatic rings. The summed E-state index contributed by atoms with van der Waals surface area (Å²) >= 11 is 0. The third-order valence-electron chi connectivity index (χ3n) is 3.37. The van der Waals surface area contributed by atoms with Gasteiger partial charge in [-0.3, -0.25) is 4.79 Å². The van der Waals surface area contributed by atoms with Crippen LogP contribution in [0.15, 0.2) is 75.3 Å². The van der Waals surface area contributed by atoms with Gasteiger partial charge in [-0.15, -0.1) is 10.2 Å². The van der Waals surface area contributed by atoms with Crippen molar-refractivity contribution in [2.45, 2.75) is 12.1 Å². The molecule has 1 aliphatic heterocycles. The van der Waals surface area contributed by atoms with Gasteiger partial charge in [0.05, 0.1) is 13.5 Å². The first-order valence-corrected chi connectivity index (χ1v) is 6.97. The molecule has 2 aromatic carbocycles. The van der Waals surface area contributed by atoms with E-state index in [1.54, 1.807) is 12.1 Å². The van der Waals surface area contributed by atoms with Crippen molar-refractivity contribution in [2.24, 2.45) is 20.7 Å². The normalized spacial score (nSPS) is 14.7. The second kappa shape index (κ2) is 6.35. The predicted molar refractivity (Wildman–Crippen MR) is 81.0 cm³/mol. The number of methoxy groups -OCH3 is 1. The Bertz CT molecular complexity index is 747. The highest BCUT2D eigenvalue weighted by molar-refractivity contribution is 5.71. The largest absolute Gasteiger partial charge is 0.469 e. The minimum Gasteiger partial charge on any atom is -0.469 e. The Morgan fingerprint density at radius 3 is 2.35 bits per heavy atom. The van der Waals surface area contributed by atoms with Crippen molar-refractivity contribution >= 4 is 5.97 Å². The molecular formula is C16H14N4O3. The first-order valence-electron chi connectivity index (χ1n) is 6.97. The van der Waals surface area contributed by atoms with E-state index >= 15 is 0 Å². The van der Waals surface area contributed by atoms with Crippen LogP contribution in [0.25, 0.3) is 0 Å². The number of ether oxygens (including phenoxy) is 2. The summed E-state index contributed by atoms with van der Waals surface area (Å²) in [5.41, 5.74) is -0.655. The maximum atomic E-state index is 11.7. The average molecular weight is 310 g/mol. The molecule has 0 aromatic heterocycles. The van der Waals surface area contributed by atoms with Crippen LogP contribution in [0.1, 0.15) is 12.0 Å². The Hall–Kier alpha value is -3.09. The molecule has 3 rings (SSSR count). The zero-order valence-electron chi connectivity index (χ0n) is 12.4. The lowest BCUT2D eigenvalue weighted by molar-refractivity contribution is -0.142. The Balaban J connectivity index is 2.00. The molecule has 0 saturated heterocycles. The van der Waals surface area contributed by atoms with Crippen molar-refractivity contribution in [1.82, 2.24) is 0 Å². The van der Waals surface area contributed by atoms with Crippen LogP contribution in [-0.2, 0) is 15.2 Å². The molecule has 0 unspecified atom stereocenters. The molecule has 7 nitrogen and oxygen atoms in total. The Kier molecular flexibility index (Phi) is 4.09. The van der Waals surface area contributed by atoms with E-state index in [4.69, 9.17) is 9.47 Å². The predicted octanol–water partition coefficient (Wildman–Crippen LogP) is 4.03. The van der Waals surface area contributed by atoms with Crippen LogP contribution in [0.2, 0.25) is 0 Å². The number of hydrogen-bond donors (Lipinski definition) is 0. The lowest BCUT2D eigenvalue weighted by atomic mass is 9.96. The zero-order valence-corrected chi connectivity index (χ0v) is 12.4. The van der Waals surface area contributed by atoms with Crippen molar-refractivity contribution in [3.05, 3.63) is 60.2 Å². The van der Waals surface area contributed by atoms with Crippen molar-refractivity contribution in [3.8, 4) is 11.5 Å². The molecular weight excluding hydrogens is 296 g/mol. The molecule has 1 heterocycles. The van der Waals surface area contributed by atoms with E-state index in [2.05, 4.69) is 20.7 Å². The molecule has 0 bridgehead atoms. The number of carbonyl (C=O) groups excluding carboxylic acids is 1. The summed E-state index contributed by atoms with van der Waals surface area (Å²) in [6.07, 6.45) is -0.105. The smallest absolute Gasteiger partial charge is 0.310 e. The molecule has 0 fully saturated rings. The highest BCUT2D eigenvalue weighted by Crippen LogP contribution is 2.42. The first-order chi connectivity index (χ1) is 11.2. The molecule has 116 valence electrons. The number of benzene rings is 2. The Labute approximate surface area is 132 Å². The molecule has 0 spiro atoms. The van der Waals surface area contributed by atoms with E-state index in [0.717, 1.165) is 0 Å². The van der Waals surface area contributed by atoms with Gasteiger partial charge in [0.1, 0.15) is 11.5 Å². The molecule has 0 atom stereocenters. The zero-order chi connectivity index (χ0) is 16.1. The Morgan fingerprint density at radius 2 is 1.65 bits per heavy atom. The maximum Gasteiger partial charge on any atom is 0.310 e.